The number of aliphatic hydroxyl groups is 1. The Bertz CT molecular complexity index is 619. The Morgan fingerprint density at radius 3 is 3.05 bits per heavy atom. The lowest BCUT2D eigenvalue weighted by Crippen LogP contribution is -2.40. The average molecular weight is 340 g/mol. The van der Waals surface area contributed by atoms with Gasteiger partial charge in [0.2, 0.25) is 5.91 Å². The molecule has 0 fully saturated rings. The minimum atomic E-state index is -1.01. The van der Waals surface area contributed by atoms with Gasteiger partial charge in [-0.2, -0.15) is 0 Å². The number of aryl methyl sites for hydroxylation is 1. The maximum Gasteiger partial charge on any atom is 0.237 e. The molecule has 2 atom stereocenters. The molecule has 2 N–H and O–H groups in total. The van der Waals surface area contributed by atoms with E-state index in [2.05, 4.69) is 10.7 Å². The van der Waals surface area contributed by atoms with E-state index in [1.165, 1.54) is 16.2 Å². The average Bonchev–Trinajstić information content (AvgIpc) is 3.14. The van der Waals surface area contributed by atoms with Crippen molar-refractivity contribution in [3.8, 4) is 0 Å². The first kappa shape index (κ1) is 15.1. The summed E-state index contributed by atoms with van der Waals surface area (Å²) in [5.41, 5.74) is 0.130. The number of thiophene rings is 2. The predicted octanol–water partition coefficient (Wildman–Crippen LogP) is 3.16. The minimum absolute atomic E-state index is 0.00354. The van der Waals surface area contributed by atoms with Crippen LogP contribution in [-0.2, 0) is 16.8 Å². The molecule has 1 amide bonds. The lowest BCUT2D eigenvalue weighted by Gasteiger charge is -2.26. The molecule has 3 nitrogen and oxygen atoms in total. The van der Waals surface area contributed by atoms with Crippen molar-refractivity contribution >= 4 is 40.3 Å². The van der Waals surface area contributed by atoms with Crippen LogP contribution in [0, 0.1) is 0 Å². The lowest BCUT2D eigenvalue weighted by atomic mass is 10.0. The second-order valence-corrected chi connectivity index (χ2v) is 8.43. The van der Waals surface area contributed by atoms with Gasteiger partial charge in [0, 0.05) is 9.75 Å². The summed E-state index contributed by atoms with van der Waals surface area (Å²) in [7, 11) is 0. The zero-order chi connectivity index (χ0) is 14.9. The second kappa shape index (κ2) is 6.12. The Morgan fingerprint density at radius 1 is 1.43 bits per heavy atom. The molecule has 1 aliphatic heterocycles. The van der Waals surface area contributed by atoms with Crippen LogP contribution in [0.25, 0.3) is 0 Å². The van der Waals surface area contributed by atoms with Gasteiger partial charge in [-0.15, -0.1) is 34.4 Å². The molecule has 0 spiro atoms. The molecule has 21 heavy (non-hydrogen) atoms. The van der Waals surface area contributed by atoms with E-state index in [0.29, 0.717) is 0 Å². The van der Waals surface area contributed by atoms with Crippen LogP contribution < -0.4 is 5.32 Å². The van der Waals surface area contributed by atoms with Gasteiger partial charge in [-0.05, 0) is 47.6 Å². The van der Waals surface area contributed by atoms with Crippen molar-refractivity contribution in [1.82, 2.24) is 5.32 Å². The molecule has 3 heterocycles. The van der Waals surface area contributed by atoms with E-state index in [1.807, 2.05) is 23.6 Å². The Morgan fingerprint density at radius 2 is 2.29 bits per heavy atom. The molecular weight excluding hydrogens is 322 g/mol. The van der Waals surface area contributed by atoms with Crippen LogP contribution in [0.5, 0.6) is 0 Å². The number of amides is 1. The SMILES string of the molecule is CC(O)(CNC(=O)C1SCCc2sccc21)c1cccs1. The molecule has 1 aliphatic rings. The molecule has 0 saturated heterocycles. The third-order valence-corrected chi connectivity index (χ3v) is 6.93. The number of hydrogen-bond acceptors (Lipinski definition) is 5. The maximum atomic E-state index is 12.4. The number of rotatable bonds is 4. The number of nitrogens with one attached hydrogen (secondary N) is 1. The van der Waals surface area contributed by atoms with E-state index in [-0.39, 0.29) is 17.7 Å². The van der Waals surface area contributed by atoms with Crippen LogP contribution in [-0.4, -0.2) is 23.3 Å². The largest absolute Gasteiger partial charge is 0.383 e. The van der Waals surface area contributed by atoms with E-state index in [0.717, 1.165) is 22.6 Å². The monoisotopic (exact) mass is 339 g/mol. The maximum absolute atomic E-state index is 12.4. The van der Waals surface area contributed by atoms with Gasteiger partial charge in [0.05, 0.1) is 6.54 Å². The first-order valence-corrected chi connectivity index (χ1v) is 9.61. The first-order chi connectivity index (χ1) is 10.1. The molecular formula is C15H17NO2S3. The molecule has 112 valence electrons. The topological polar surface area (TPSA) is 49.3 Å². The molecule has 2 aromatic rings. The third kappa shape index (κ3) is 3.18. The number of fused-ring (bicyclic) bond motifs is 1. The van der Waals surface area contributed by atoms with Crippen LogP contribution in [0.1, 0.15) is 27.5 Å². The highest BCUT2D eigenvalue weighted by Gasteiger charge is 2.30. The van der Waals surface area contributed by atoms with Crippen molar-refractivity contribution in [1.29, 1.82) is 0 Å². The van der Waals surface area contributed by atoms with Crippen LogP contribution >= 0.6 is 34.4 Å². The van der Waals surface area contributed by atoms with Crippen LogP contribution in [0.2, 0.25) is 0 Å². The van der Waals surface area contributed by atoms with Crippen LogP contribution in [0.4, 0.5) is 0 Å². The van der Waals surface area contributed by atoms with E-state index in [1.54, 1.807) is 30.0 Å². The summed E-state index contributed by atoms with van der Waals surface area (Å²) in [5, 5.41) is 17.2. The molecule has 0 bridgehead atoms. The quantitative estimate of drug-likeness (QED) is 0.899. The summed E-state index contributed by atoms with van der Waals surface area (Å²) in [6.07, 6.45) is 1.05. The lowest BCUT2D eigenvalue weighted by molar-refractivity contribution is -0.121. The van der Waals surface area contributed by atoms with E-state index in [9.17, 15) is 9.90 Å². The summed E-state index contributed by atoms with van der Waals surface area (Å²) >= 11 is 4.91. The Labute approximate surface area is 136 Å². The Hall–Kier alpha value is -0.820. The zero-order valence-electron chi connectivity index (χ0n) is 11.7. The van der Waals surface area contributed by atoms with Gasteiger partial charge in [0.15, 0.2) is 0 Å². The van der Waals surface area contributed by atoms with Crippen molar-refractivity contribution in [3.63, 3.8) is 0 Å². The Balaban J connectivity index is 1.66. The fourth-order valence-corrected chi connectivity index (χ4v) is 5.49. The van der Waals surface area contributed by atoms with Gasteiger partial charge in [-0.3, -0.25) is 4.79 Å². The molecule has 6 heteroatoms. The van der Waals surface area contributed by atoms with Gasteiger partial charge in [-0.1, -0.05) is 6.07 Å². The number of carbonyl (C=O) groups is 1. The molecule has 2 aromatic heterocycles. The fraction of sp³-hybridized carbons (Fsp3) is 0.400. The predicted molar refractivity (Wildman–Crippen MR) is 90.1 cm³/mol. The van der Waals surface area contributed by atoms with E-state index < -0.39 is 5.60 Å². The molecule has 3 rings (SSSR count). The number of thioether (sulfide) groups is 1. The molecule has 0 aliphatic carbocycles. The zero-order valence-corrected chi connectivity index (χ0v) is 14.1. The Kier molecular flexibility index (Phi) is 4.40. The van der Waals surface area contributed by atoms with Crippen molar-refractivity contribution < 1.29 is 9.90 Å². The van der Waals surface area contributed by atoms with E-state index in [4.69, 9.17) is 0 Å². The van der Waals surface area contributed by atoms with Crippen molar-refractivity contribution in [2.24, 2.45) is 0 Å². The van der Waals surface area contributed by atoms with E-state index >= 15 is 0 Å². The minimum Gasteiger partial charge on any atom is -0.383 e. The van der Waals surface area contributed by atoms with Crippen molar-refractivity contribution in [2.45, 2.75) is 24.2 Å². The summed E-state index contributed by atoms with van der Waals surface area (Å²) in [6.45, 7) is 1.98. The molecule has 0 radical (unpaired) electrons. The number of carbonyl (C=O) groups excluding carboxylic acids is 1. The highest BCUT2D eigenvalue weighted by Crippen LogP contribution is 2.39. The van der Waals surface area contributed by atoms with Gasteiger partial charge in [0.1, 0.15) is 10.9 Å². The fourth-order valence-electron chi connectivity index (χ4n) is 2.39. The summed E-state index contributed by atoms with van der Waals surface area (Å²) in [4.78, 5) is 14.6. The first-order valence-electron chi connectivity index (χ1n) is 6.80. The third-order valence-electron chi connectivity index (χ3n) is 3.57. The highest BCUT2D eigenvalue weighted by atomic mass is 32.2. The molecule has 0 aromatic carbocycles. The summed E-state index contributed by atoms with van der Waals surface area (Å²) in [5.74, 6) is 0.976. The van der Waals surface area contributed by atoms with Crippen molar-refractivity contribution in [3.05, 3.63) is 44.3 Å². The van der Waals surface area contributed by atoms with Crippen LogP contribution in [0.3, 0.4) is 0 Å². The van der Waals surface area contributed by atoms with Gasteiger partial charge < -0.3 is 10.4 Å². The van der Waals surface area contributed by atoms with Gasteiger partial charge >= 0.3 is 0 Å². The highest BCUT2D eigenvalue weighted by molar-refractivity contribution is 8.00. The number of hydrogen-bond donors (Lipinski definition) is 2. The van der Waals surface area contributed by atoms with Gasteiger partial charge in [0.25, 0.3) is 0 Å². The van der Waals surface area contributed by atoms with Crippen LogP contribution in [0.15, 0.2) is 29.0 Å². The molecule has 0 saturated carbocycles. The van der Waals surface area contributed by atoms with Gasteiger partial charge in [-0.25, -0.2) is 0 Å². The second-order valence-electron chi connectivity index (χ2n) is 5.27. The normalized spacial score (nSPS) is 20.6. The standard InChI is InChI=1S/C15H17NO2S3/c1-15(18,12-3-2-6-20-12)9-16-14(17)13-10-4-7-19-11(10)5-8-21-13/h2-4,6-7,13,18H,5,8-9H2,1H3,(H,16,17). The summed E-state index contributed by atoms with van der Waals surface area (Å²) < 4.78 is 0. The smallest absolute Gasteiger partial charge is 0.237 e. The van der Waals surface area contributed by atoms with Crippen molar-refractivity contribution in [2.75, 3.05) is 12.3 Å². The summed E-state index contributed by atoms with van der Waals surface area (Å²) in [6, 6.07) is 5.85. The molecule has 2 unspecified atom stereocenters.